The smallest absolute Gasteiger partial charge is 0.0731 e. The van der Waals surface area contributed by atoms with E-state index in [0.717, 1.165) is 32.1 Å². The summed E-state index contributed by atoms with van der Waals surface area (Å²) in [6, 6.07) is 18.6. The van der Waals surface area contributed by atoms with Gasteiger partial charge in [0.2, 0.25) is 0 Å². The first kappa shape index (κ1) is 11.7. The Balaban J connectivity index is 1.99. The second-order valence-electron chi connectivity index (χ2n) is 4.75. The van der Waals surface area contributed by atoms with Gasteiger partial charge in [0.05, 0.1) is 16.7 Å². The summed E-state index contributed by atoms with van der Waals surface area (Å²) in [5.41, 5.74) is 4.26. The summed E-state index contributed by atoms with van der Waals surface area (Å²) >= 11 is 3.57. The average molecular weight is 323 g/mol. The van der Waals surface area contributed by atoms with Crippen LogP contribution in [-0.2, 0) is 0 Å². The van der Waals surface area contributed by atoms with Crippen molar-refractivity contribution in [1.82, 2.24) is 9.97 Å². The van der Waals surface area contributed by atoms with Crippen LogP contribution in [0.3, 0.4) is 0 Å². The van der Waals surface area contributed by atoms with E-state index in [9.17, 15) is 0 Å². The highest BCUT2D eigenvalue weighted by Crippen LogP contribution is 2.32. The minimum atomic E-state index is 0.994. The van der Waals surface area contributed by atoms with Crippen LogP contribution in [0.25, 0.3) is 33.1 Å². The molecular weight excluding hydrogens is 312 g/mol. The molecule has 0 unspecified atom stereocenters. The van der Waals surface area contributed by atoms with E-state index in [1.165, 1.54) is 5.39 Å². The van der Waals surface area contributed by atoms with Crippen LogP contribution < -0.4 is 0 Å². The van der Waals surface area contributed by atoms with Crippen LogP contribution in [-0.4, -0.2) is 9.97 Å². The summed E-state index contributed by atoms with van der Waals surface area (Å²) in [7, 11) is 0. The van der Waals surface area contributed by atoms with Gasteiger partial charge < -0.3 is 4.98 Å². The predicted molar refractivity (Wildman–Crippen MR) is 86.7 cm³/mol. The van der Waals surface area contributed by atoms with Gasteiger partial charge in [0.15, 0.2) is 0 Å². The topological polar surface area (TPSA) is 28.7 Å². The van der Waals surface area contributed by atoms with Gasteiger partial charge in [-0.05, 0) is 34.1 Å². The third-order valence-corrected chi connectivity index (χ3v) is 4.20. The molecule has 0 atom stereocenters. The number of rotatable bonds is 1. The van der Waals surface area contributed by atoms with Crippen LogP contribution >= 0.6 is 15.9 Å². The largest absolute Gasteiger partial charge is 0.360 e. The second-order valence-corrected chi connectivity index (χ2v) is 5.61. The molecule has 4 aromatic rings. The lowest BCUT2D eigenvalue weighted by molar-refractivity contribution is 1.39. The molecule has 1 N–H and O–H groups in total. The molecular formula is C17H11BrN2. The quantitative estimate of drug-likeness (QED) is 0.516. The van der Waals surface area contributed by atoms with Crippen molar-refractivity contribution in [2.24, 2.45) is 0 Å². The SMILES string of the molecule is Brc1cccc2c(-c3ccc4ccccc4n3)c[nH]c12. The lowest BCUT2D eigenvalue weighted by Crippen LogP contribution is -1.83. The van der Waals surface area contributed by atoms with Crippen molar-refractivity contribution < 1.29 is 0 Å². The van der Waals surface area contributed by atoms with Gasteiger partial charge >= 0.3 is 0 Å². The normalized spacial score (nSPS) is 11.2. The van der Waals surface area contributed by atoms with E-state index >= 15 is 0 Å². The molecule has 96 valence electrons. The Morgan fingerprint density at radius 3 is 2.75 bits per heavy atom. The van der Waals surface area contributed by atoms with E-state index in [0.29, 0.717) is 0 Å². The Morgan fingerprint density at radius 1 is 0.900 bits per heavy atom. The molecule has 0 saturated heterocycles. The molecule has 0 aliphatic rings. The molecule has 0 aliphatic heterocycles. The number of nitrogens with zero attached hydrogens (tertiary/aromatic N) is 1. The van der Waals surface area contributed by atoms with E-state index in [1.807, 2.05) is 36.5 Å². The highest BCUT2D eigenvalue weighted by molar-refractivity contribution is 9.10. The summed E-state index contributed by atoms with van der Waals surface area (Å²) in [6.07, 6.45) is 2.02. The van der Waals surface area contributed by atoms with Gasteiger partial charge in [-0.3, -0.25) is 0 Å². The molecule has 0 saturated carbocycles. The zero-order chi connectivity index (χ0) is 13.5. The highest BCUT2D eigenvalue weighted by Gasteiger charge is 2.09. The summed E-state index contributed by atoms with van der Waals surface area (Å²) in [5, 5.41) is 2.35. The van der Waals surface area contributed by atoms with Crippen LogP contribution in [0.1, 0.15) is 0 Å². The lowest BCUT2D eigenvalue weighted by atomic mass is 10.1. The molecule has 0 aliphatic carbocycles. The number of hydrogen-bond donors (Lipinski definition) is 1. The number of hydrogen-bond acceptors (Lipinski definition) is 1. The van der Waals surface area contributed by atoms with Crippen LogP contribution in [0.2, 0.25) is 0 Å². The zero-order valence-corrected chi connectivity index (χ0v) is 12.2. The number of pyridine rings is 1. The van der Waals surface area contributed by atoms with Gasteiger partial charge in [0, 0.05) is 27.0 Å². The van der Waals surface area contributed by atoms with Crippen LogP contribution in [0.4, 0.5) is 0 Å². The first-order chi connectivity index (χ1) is 9.83. The minimum Gasteiger partial charge on any atom is -0.360 e. The molecule has 2 heterocycles. The number of fused-ring (bicyclic) bond motifs is 2. The zero-order valence-electron chi connectivity index (χ0n) is 10.6. The molecule has 20 heavy (non-hydrogen) atoms. The Kier molecular flexibility index (Phi) is 2.60. The van der Waals surface area contributed by atoms with Crippen molar-refractivity contribution in [1.29, 1.82) is 0 Å². The van der Waals surface area contributed by atoms with Crippen molar-refractivity contribution >= 4 is 37.7 Å². The van der Waals surface area contributed by atoms with Crippen molar-refractivity contribution in [3.63, 3.8) is 0 Å². The number of aromatic amines is 1. The number of para-hydroxylation sites is 2. The Labute approximate surface area is 124 Å². The predicted octanol–water partition coefficient (Wildman–Crippen LogP) is 5.15. The van der Waals surface area contributed by atoms with Crippen LogP contribution in [0.5, 0.6) is 0 Å². The van der Waals surface area contributed by atoms with Gasteiger partial charge in [-0.1, -0.05) is 36.4 Å². The maximum Gasteiger partial charge on any atom is 0.0731 e. The molecule has 0 fully saturated rings. The van der Waals surface area contributed by atoms with Gasteiger partial charge in [-0.2, -0.15) is 0 Å². The first-order valence-electron chi connectivity index (χ1n) is 6.45. The average Bonchev–Trinajstić information content (AvgIpc) is 2.92. The summed E-state index contributed by atoms with van der Waals surface area (Å²) in [5.74, 6) is 0. The standard InChI is InChI=1S/C17H11BrN2/c18-14-6-3-5-12-13(10-19-17(12)14)16-9-8-11-4-1-2-7-15(11)20-16/h1-10,19H. The number of H-pyrrole nitrogens is 1. The van der Waals surface area contributed by atoms with Gasteiger partial charge in [0.1, 0.15) is 0 Å². The van der Waals surface area contributed by atoms with Crippen molar-refractivity contribution in [3.05, 3.63) is 65.3 Å². The van der Waals surface area contributed by atoms with Crippen LogP contribution in [0.15, 0.2) is 65.3 Å². The number of aromatic nitrogens is 2. The first-order valence-corrected chi connectivity index (χ1v) is 7.24. The van der Waals surface area contributed by atoms with Gasteiger partial charge in [-0.25, -0.2) is 4.98 Å². The van der Waals surface area contributed by atoms with Crippen molar-refractivity contribution in [2.75, 3.05) is 0 Å². The molecule has 2 aromatic carbocycles. The summed E-state index contributed by atoms with van der Waals surface area (Å²) in [4.78, 5) is 8.08. The third-order valence-electron chi connectivity index (χ3n) is 3.54. The fourth-order valence-corrected chi connectivity index (χ4v) is 3.03. The van der Waals surface area contributed by atoms with Gasteiger partial charge in [-0.15, -0.1) is 0 Å². The van der Waals surface area contributed by atoms with E-state index in [4.69, 9.17) is 4.98 Å². The fourth-order valence-electron chi connectivity index (χ4n) is 2.55. The molecule has 0 amide bonds. The highest BCUT2D eigenvalue weighted by atomic mass is 79.9. The molecule has 2 nitrogen and oxygen atoms in total. The van der Waals surface area contributed by atoms with E-state index < -0.39 is 0 Å². The van der Waals surface area contributed by atoms with Crippen molar-refractivity contribution in [3.8, 4) is 11.3 Å². The molecule has 0 spiro atoms. The maximum atomic E-state index is 4.76. The second kappa shape index (κ2) is 4.46. The van der Waals surface area contributed by atoms with E-state index in [1.54, 1.807) is 0 Å². The number of benzene rings is 2. The Bertz CT molecular complexity index is 924. The third kappa shape index (κ3) is 1.74. The molecule has 2 aromatic heterocycles. The monoisotopic (exact) mass is 322 g/mol. The molecule has 3 heteroatoms. The van der Waals surface area contributed by atoms with Gasteiger partial charge in [0.25, 0.3) is 0 Å². The lowest BCUT2D eigenvalue weighted by Gasteiger charge is -2.02. The fraction of sp³-hybridized carbons (Fsp3) is 0. The van der Waals surface area contributed by atoms with E-state index in [2.05, 4.69) is 45.2 Å². The maximum absolute atomic E-state index is 4.76. The molecule has 0 bridgehead atoms. The Morgan fingerprint density at radius 2 is 1.80 bits per heavy atom. The van der Waals surface area contributed by atoms with E-state index in [-0.39, 0.29) is 0 Å². The number of nitrogens with one attached hydrogen (secondary N) is 1. The minimum absolute atomic E-state index is 0.994. The number of halogens is 1. The molecule has 4 rings (SSSR count). The summed E-state index contributed by atoms with van der Waals surface area (Å²) in [6.45, 7) is 0. The Hall–Kier alpha value is -2.13. The molecule has 0 radical (unpaired) electrons. The van der Waals surface area contributed by atoms with Crippen molar-refractivity contribution in [2.45, 2.75) is 0 Å². The summed E-state index contributed by atoms with van der Waals surface area (Å²) < 4.78 is 1.07. The van der Waals surface area contributed by atoms with Crippen LogP contribution in [0, 0.1) is 0 Å².